The van der Waals surface area contributed by atoms with Gasteiger partial charge in [0, 0.05) is 18.7 Å². The molecule has 2 amide bonds. The molecule has 1 N–H and O–H groups in total. The van der Waals surface area contributed by atoms with Crippen LogP contribution >= 0.6 is 0 Å². The molecule has 1 atom stereocenters. The molecule has 7 heteroatoms. The minimum Gasteiger partial charge on any atom is -0.378 e. The molecule has 0 unspecified atom stereocenters. The van der Waals surface area contributed by atoms with E-state index in [1.54, 1.807) is 4.90 Å². The second-order valence-corrected chi connectivity index (χ2v) is 6.22. The summed E-state index contributed by atoms with van der Waals surface area (Å²) >= 11 is 0. The number of hydrogen-bond acceptors (Lipinski definition) is 3. The minimum atomic E-state index is -1.09. The van der Waals surface area contributed by atoms with Gasteiger partial charge in [0.05, 0.1) is 13.2 Å². The molecule has 1 aromatic carbocycles. The zero-order valence-corrected chi connectivity index (χ0v) is 13.9. The third-order valence-corrected chi connectivity index (χ3v) is 3.82. The molecule has 1 heterocycles. The molecule has 1 aliphatic rings. The van der Waals surface area contributed by atoms with Crippen molar-refractivity contribution in [1.82, 2.24) is 10.2 Å². The number of ether oxygens (including phenoxy) is 1. The molecular formula is C17H22F2N2O3. The van der Waals surface area contributed by atoms with Crippen LogP contribution in [0.25, 0.3) is 0 Å². The molecule has 1 fully saturated rings. The van der Waals surface area contributed by atoms with E-state index in [0.717, 1.165) is 12.1 Å². The van der Waals surface area contributed by atoms with Gasteiger partial charge >= 0.3 is 0 Å². The van der Waals surface area contributed by atoms with Gasteiger partial charge in [0.1, 0.15) is 6.04 Å². The Labute approximate surface area is 140 Å². The molecule has 0 saturated carbocycles. The first-order chi connectivity index (χ1) is 11.4. The molecule has 2 rings (SSSR count). The number of nitrogens with one attached hydrogen (secondary N) is 1. The van der Waals surface area contributed by atoms with Crippen LogP contribution in [0.4, 0.5) is 8.78 Å². The van der Waals surface area contributed by atoms with Crippen LogP contribution in [0, 0.1) is 17.6 Å². The molecule has 24 heavy (non-hydrogen) atoms. The van der Waals surface area contributed by atoms with Crippen LogP contribution in [-0.2, 0) is 9.53 Å². The van der Waals surface area contributed by atoms with Crippen molar-refractivity contribution >= 4 is 11.8 Å². The fraction of sp³-hybridized carbons (Fsp3) is 0.529. The van der Waals surface area contributed by atoms with Gasteiger partial charge in [-0.2, -0.15) is 0 Å². The summed E-state index contributed by atoms with van der Waals surface area (Å²) in [6.07, 6.45) is 0.464. The van der Waals surface area contributed by atoms with Crippen LogP contribution in [-0.4, -0.2) is 49.1 Å². The third-order valence-electron chi connectivity index (χ3n) is 3.82. The average Bonchev–Trinajstić information content (AvgIpc) is 2.56. The van der Waals surface area contributed by atoms with Crippen LogP contribution in [0.1, 0.15) is 30.6 Å². The maximum absolute atomic E-state index is 13.3. The Balaban J connectivity index is 2.10. The summed E-state index contributed by atoms with van der Waals surface area (Å²) in [6, 6.07) is 2.21. The molecule has 0 bridgehead atoms. The Morgan fingerprint density at radius 1 is 1.21 bits per heavy atom. The highest BCUT2D eigenvalue weighted by atomic mass is 19.2. The molecule has 1 saturated heterocycles. The lowest BCUT2D eigenvalue weighted by Gasteiger charge is -2.31. The Bertz CT molecular complexity index is 601. The quantitative estimate of drug-likeness (QED) is 0.892. The second kappa shape index (κ2) is 8.19. The van der Waals surface area contributed by atoms with Gasteiger partial charge in [-0.1, -0.05) is 13.8 Å². The van der Waals surface area contributed by atoms with Crippen LogP contribution in [0.3, 0.4) is 0 Å². The van der Waals surface area contributed by atoms with E-state index in [-0.39, 0.29) is 17.4 Å². The maximum atomic E-state index is 13.3. The van der Waals surface area contributed by atoms with Gasteiger partial charge in [-0.05, 0) is 30.5 Å². The number of carbonyl (C=O) groups is 2. The lowest BCUT2D eigenvalue weighted by atomic mass is 10.0. The molecule has 1 aromatic rings. The summed E-state index contributed by atoms with van der Waals surface area (Å²) in [5.41, 5.74) is -0.0163. The monoisotopic (exact) mass is 340 g/mol. The summed E-state index contributed by atoms with van der Waals surface area (Å²) < 4.78 is 31.5. The van der Waals surface area contributed by atoms with Crippen molar-refractivity contribution in [3.8, 4) is 0 Å². The molecular weight excluding hydrogens is 318 g/mol. The molecule has 0 spiro atoms. The van der Waals surface area contributed by atoms with Crippen LogP contribution in [0.5, 0.6) is 0 Å². The normalized spacial score (nSPS) is 16.1. The first-order valence-corrected chi connectivity index (χ1v) is 8.01. The fourth-order valence-electron chi connectivity index (χ4n) is 2.58. The van der Waals surface area contributed by atoms with Crippen molar-refractivity contribution in [2.75, 3.05) is 26.3 Å². The van der Waals surface area contributed by atoms with E-state index in [0.29, 0.717) is 32.7 Å². The van der Waals surface area contributed by atoms with Crippen molar-refractivity contribution in [2.45, 2.75) is 26.3 Å². The molecule has 0 aromatic heterocycles. The SMILES string of the molecule is CC(C)C[C@@H](NC(=O)c1ccc(F)c(F)c1)C(=O)N1CCOCC1. The summed E-state index contributed by atoms with van der Waals surface area (Å²) in [6.45, 7) is 5.80. The molecule has 132 valence electrons. The van der Waals surface area contributed by atoms with Gasteiger partial charge in [-0.15, -0.1) is 0 Å². The van der Waals surface area contributed by atoms with E-state index in [1.807, 2.05) is 13.8 Å². The van der Waals surface area contributed by atoms with Gasteiger partial charge in [0.15, 0.2) is 11.6 Å². The van der Waals surface area contributed by atoms with Crippen molar-refractivity contribution in [3.63, 3.8) is 0 Å². The highest BCUT2D eigenvalue weighted by Gasteiger charge is 2.28. The summed E-state index contributed by atoms with van der Waals surface area (Å²) in [7, 11) is 0. The van der Waals surface area contributed by atoms with E-state index in [1.165, 1.54) is 6.07 Å². The van der Waals surface area contributed by atoms with Crippen LogP contribution in [0.2, 0.25) is 0 Å². The summed E-state index contributed by atoms with van der Waals surface area (Å²) in [5.74, 6) is -2.70. The topological polar surface area (TPSA) is 58.6 Å². The summed E-state index contributed by atoms with van der Waals surface area (Å²) in [5, 5.41) is 2.65. The van der Waals surface area contributed by atoms with Crippen molar-refractivity contribution in [3.05, 3.63) is 35.4 Å². The van der Waals surface area contributed by atoms with E-state index >= 15 is 0 Å². The van der Waals surface area contributed by atoms with Gasteiger partial charge in [-0.3, -0.25) is 9.59 Å². The van der Waals surface area contributed by atoms with E-state index in [4.69, 9.17) is 4.74 Å². The molecule has 1 aliphatic heterocycles. The Hall–Kier alpha value is -2.02. The number of halogens is 2. The highest BCUT2D eigenvalue weighted by Crippen LogP contribution is 2.13. The second-order valence-electron chi connectivity index (χ2n) is 6.22. The fourth-order valence-corrected chi connectivity index (χ4v) is 2.58. The Morgan fingerprint density at radius 3 is 2.46 bits per heavy atom. The zero-order chi connectivity index (χ0) is 17.7. The molecule has 5 nitrogen and oxygen atoms in total. The summed E-state index contributed by atoms with van der Waals surface area (Å²) in [4.78, 5) is 26.6. The first kappa shape index (κ1) is 18.3. The number of carbonyl (C=O) groups excluding carboxylic acids is 2. The van der Waals surface area contributed by atoms with Gasteiger partial charge in [-0.25, -0.2) is 8.78 Å². The number of hydrogen-bond donors (Lipinski definition) is 1. The molecule has 0 radical (unpaired) electrons. The van der Waals surface area contributed by atoms with E-state index < -0.39 is 23.6 Å². The third kappa shape index (κ3) is 4.74. The predicted molar refractivity (Wildman–Crippen MR) is 84.5 cm³/mol. The van der Waals surface area contributed by atoms with Gasteiger partial charge < -0.3 is 15.0 Å². The lowest BCUT2D eigenvalue weighted by molar-refractivity contribution is -0.137. The van der Waals surface area contributed by atoms with Crippen molar-refractivity contribution in [2.24, 2.45) is 5.92 Å². The minimum absolute atomic E-state index is 0.0163. The largest absolute Gasteiger partial charge is 0.378 e. The number of morpholine rings is 1. The van der Waals surface area contributed by atoms with Gasteiger partial charge in [0.2, 0.25) is 5.91 Å². The average molecular weight is 340 g/mol. The predicted octanol–water partition coefficient (Wildman–Crippen LogP) is 1.97. The highest BCUT2D eigenvalue weighted by molar-refractivity contribution is 5.97. The van der Waals surface area contributed by atoms with Crippen molar-refractivity contribution < 1.29 is 23.1 Å². The zero-order valence-electron chi connectivity index (χ0n) is 13.9. The number of amides is 2. The first-order valence-electron chi connectivity index (χ1n) is 8.01. The number of benzene rings is 1. The maximum Gasteiger partial charge on any atom is 0.252 e. The van der Waals surface area contributed by atoms with E-state index in [9.17, 15) is 18.4 Å². The van der Waals surface area contributed by atoms with Crippen LogP contribution in [0.15, 0.2) is 18.2 Å². The standard InChI is InChI=1S/C17H22F2N2O3/c1-11(2)9-15(17(23)21-5-7-24-8-6-21)20-16(22)12-3-4-13(18)14(19)10-12/h3-4,10-11,15H,5-9H2,1-2H3,(H,20,22)/t15-/m1/s1. The Morgan fingerprint density at radius 2 is 1.88 bits per heavy atom. The number of rotatable bonds is 5. The number of nitrogens with zero attached hydrogens (tertiary/aromatic N) is 1. The molecule has 0 aliphatic carbocycles. The van der Waals surface area contributed by atoms with Crippen LogP contribution < -0.4 is 5.32 Å². The Kier molecular flexibility index (Phi) is 6.25. The van der Waals surface area contributed by atoms with E-state index in [2.05, 4.69) is 5.32 Å². The van der Waals surface area contributed by atoms with Gasteiger partial charge in [0.25, 0.3) is 5.91 Å². The van der Waals surface area contributed by atoms with Crippen molar-refractivity contribution in [1.29, 1.82) is 0 Å². The smallest absolute Gasteiger partial charge is 0.252 e. The lowest BCUT2D eigenvalue weighted by Crippen LogP contribution is -2.52.